The molecule has 1 fully saturated rings. The number of rotatable bonds is 5. The summed E-state index contributed by atoms with van der Waals surface area (Å²) in [6.07, 6.45) is 0.107. The number of carbonyl (C=O) groups excluding carboxylic acids is 1. The molecule has 1 aromatic carbocycles. The summed E-state index contributed by atoms with van der Waals surface area (Å²) >= 11 is 0. The number of nitrogens with zero attached hydrogens (tertiary/aromatic N) is 1. The molecule has 116 valence electrons. The van der Waals surface area contributed by atoms with Crippen LogP contribution in [0.15, 0.2) is 24.3 Å². The SMILES string of the molecule is COC(=O)C(c1cccc(OC(C)C)c1)N1CCNCC1. The van der Waals surface area contributed by atoms with Crippen LogP contribution >= 0.6 is 0 Å². The molecule has 1 unspecified atom stereocenters. The molecule has 0 aliphatic carbocycles. The third kappa shape index (κ3) is 4.19. The molecule has 1 aliphatic rings. The normalized spacial score (nSPS) is 17.5. The van der Waals surface area contributed by atoms with E-state index in [0.717, 1.165) is 37.5 Å². The van der Waals surface area contributed by atoms with Gasteiger partial charge in [0.15, 0.2) is 0 Å². The smallest absolute Gasteiger partial charge is 0.327 e. The first-order chi connectivity index (χ1) is 10.1. The Hall–Kier alpha value is -1.59. The topological polar surface area (TPSA) is 50.8 Å². The summed E-state index contributed by atoms with van der Waals surface area (Å²) in [5.41, 5.74) is 0.918. The number of piperazine rings is 1. The number of benzene rings is 1. The highest BCUT2D eigenvalue weighted by molar-refractivity contribution is 5.77. The van der Waals surface area contributed by atoms with E-state index in [1.807, 2.05) is 38.1 Å². The molecule has 1 aliphatic heterocycles. The van der Waals surface area contributed by atoms with Gasteiger partial charge >= 0.3 is 5.97 Å². The van der Waals surface area contributed by atoms with Gasteiger partial charge in [0.2, 0.25) is 0 Å². The molecule has 5 nitrogen and oxygen atoms in total. The fraction of sp³-hybridized carbons (Fsp3) is 0.562. The van der Waals surface area contributed by atoms with E-state index in [-0.39, 0.29) is 18.1 Å². The van der Waals surface area contributed by atoms with Gasteiger partial charge in [0.1, 0.15) is 11.8 Å². The van der Waals surface area contributed by atoms with Crippen molar-refractivity contribution in [1.29, 1.82) is 0 Å². The van der Waals surface area contributed by atoms with Crippen LogP contribution in [0.5, 0.6) is 5.75 Å². The summed E-state index contributed by atoms with van der Waals surface area (Å²) in [7, 11) is 1.44. The molecule has 1 N–H and O–H groups in total. The number of hydrogen-bond acceptors (Lipinski definition) is 5. The van der Waals surface area contributed by atoms with Gasteiger partial charge in [0, 0.05) is 26.2 Å². The quantitative estimate of drug-likeness (QED) is 0.835. The molecule has 0 bridgehead atoms. The van der Waals surface area contributed by atoms with Crippen molar-refractivity contribution in [3.05, 3.63) is 29.8 Å². The van der Waals surface area contributed by atoms with Gasteiger partial charge in [-0.2, -0.15) is 0 Å². The first-order valence-corrected chi connectivity index (χ1v) is 7.41. The van der Waals surface area contributed by atoms with Gasteiger partial charge in [0.05, 0.1) is 13.2 Å². The largest absolute Gasteiger partial charge is 0.491 e. The van der Waals surface area contributed by atoms with E-state index in [9.17, 15) is 4.79 Å². The molecule has 21 heavy (non-hydrogen) atoms. The molecule has 0 amide bonds. The van der Waals surface area contributed by atoms with E-state index in [1.165, 1.54) is 7.11 Å². The lowest BCUT2D eigenvalue weighted by atomic mass is 10.0. The van der Waals surface area contributed by atoms with Crippen molar-refractivity contribution < 1.29 is 14.3 Å². The zero-order chi connectivity index (χ0) is 15.2. The van der Waals surface area contributed by atoms with Crippen molar-refractivity contribution in [2.45, 2.75) is 26.0 Å². The third-order valence-corrected chi connectivity index (χ3v) is 3.49. The summed E-state index contributed by atoms with van der Waals surface area (Å²) in [6, 6.07) is 7.36. The van der Waals surface area contributed by atoms with Gasteiger partial charge < -0.3 is 14.8 Å². The number of carbonyl (C=O) groups is 1. The van der Waals surface area contributed by atoms with Crippen LogP contribution in [0.4, 0.5) is 0 Å². The highest BCUT2D eigenvalue weighted by atomic mass is 16.5. The van der Waals surface area contributed by atoms with Crippen LogP contribution in [0.3, 0.4) is 0 Å². The van der Waals surface area contributed by atoms with E-state index < -0.39 is 0 Å². The third-order valence-electron chi connectivity index (χ3n) is 3.49. The van der Waals surface area contributed by atoms with Crippen LogP contribution < -0.4 is 10.1 Å². The fourth-order valence-corrected chi connectivity index (χ4v) is 2.58. The number of esters is 1. The van der Waals surface area contributed by atoms with Gasteiger partial charge in [0.25, 0.3) is 0 Å². The van der Waals surface area contributed by atoms with Crippen LogP contribution in [0.25, 0.3) is 0 Å². The summed E-state index contributed by atoms with van der Waals surface area (Å²) in [6.45, 7) is 7.40. The van der Waals surface area contributed by atoms with E-state index >= 15 is 0 Å². The zero-order valence-electron chi connectivity index (χ0n) is 13.0. The molecule has 0 aromatic heterocycles. The Bertz CT molecular complexity index is 470. The summed E-state index contributed by atoms with van der Waals surface area (Å²) < 4.78 is 10.7. The number of ether oxygens (including phenoxy) is 2. The predicted octanol–water partition coefficient (Wildman–Crippen LogP) is 1.59. The average molecular weight is 292 g/mol. The monoisotopic (exact) mass is 292 g/mol. The molecule has 2 rings (SSSR count). The van der Waals surface area contributed by atoms with Gasteiger partial charge in [-0.05, 0) is 31.5 Å². The lowest BCUT2D eigenvalue weighted by Crippen LogP contribution is -2.47. The van der Waals surface area contributed by atoms with Crippen molar-refractivity contribution in [2.24, 2.45) is 0 Å². The van der Waals surface area contributed by atoms with E-state index in [0.29, 0.717) is 0 Å². The Morgan fingerprint density at radius 2 is 2.00 bits per heavy atom. The van der Waals surface area contributed by atoms with Crippen LogP contribution in [0.2, 0.25) is 0 Å². The van der Waals surface area contributed by atoms with Gasteiger partial charge in [-0.1, -0.05) is 12.1 Å². The minimum Gasteiger partial charge on any atom is -0.491 e. The second kappa shape index (κ2) is 7.43. The first-order valence-electron chi connectivity index (χ1n) is 7.41. The van der Waals surface area contributed by atoms with E-state index in [2.05, 4.69) is 10.2 Å². The standard InChI is InChI=1S/C16H24N2O3/c1-12(2)21-14-6-4-5-13(11-14)15(16(19)20-3)18-9-7-17-8-10-18/h4-6,11-12,15,17H,7-10H2,1-3H3. The Kier molecular flexibility index (Phi) is 5.59. The summed E-state index contributed by atoms with van der Waals surface area (Å²) in [5.74, 6) is 0.560. The molecule has 5 heteroatoms. The molecule has 0 saturated carbocycles. The van der Waals surface area contributed by atoms with Gasteiger partial charge in [-0.25, -0.2) is 4.79 Å². The highest BCUT2D eigenvalue weighted by Gasteiger charge is 2.29. The average Bonchev–Trinajstić information content (AvgIpc) is 2.48. The molecule has 0 spiro atoms. The Labute approximate surface area is 126 Å². The van der Waals surface area contributed by atoms with Crippen LogP contribution in [-0.2, 0) is 9.53 Å². The molecule has 1 atom stereocenters. The van der Waals surface area contributed by atoms with Gasteiger partial charge in [-0.15, -0.1) is 0 Å². The number of methoxy groups -OCH3 is 1. The highest BCUT2D eigenvalue weighted by Crippen LogP contribution is 2.26. The number of hydrogen-bond donors (Lipinski definition) is 1. The van der Waals surface area contributed by atoms with Crippen molar-refractivity contribution >= 4 is 5.97 Å². The minimum atomic E-state index is -0.368. The van der Waals surface area contributed by atoms with Crippen molar-refractivity contribution in [3.63, 3.8) is 0 Å². The van der Waals surface area contributed by atoms with E-state index in [1.54, 1.807) is 0 Å². The van der Waals surface area contributed by atoms with Gasteiger partial charge in [-0.3, -0.25) is 4.90 Å². The van der Waals surface area contributed by atoms with Crippen LogP contribution in [-0.4, -0.2) is 50.3 Å². The molecule has 1 saturated heterocycles. The molecular formula is C16H24N2O3. The summed E-state index contributed by atoms with van der Waals surface area (Å²) in [4.78, 5) is 14.4. The Balaban J connectivity index is 2.25. The minimum absolute atomic E-state index is 0.107. The predicted molar refractivity (Wildman–Crippen MR) is 81.4 cm³/mol. The van der Waals surface area contributed by atoms with Crippen molar-refractivity contribution in [3.8, 4) is 5.75 Å². The lowest BCUT2D eigenvalue weighted by molar-refractivity contribution is -0.147. The molecular weight excluding hydrogens is 268 g/mol. The Morgan fingerprint density at radius 3 is 2.62 bits per heavy atom. The van der Waals surface area contributed by atoms with Crippen molar-refractivity contribution in [1.82, 2.24) is 10.2 Å². The second-order valence-corrected chi connectivity index (χ2v) is 5.45. The molecule has 1 aromatic rings. The summed E-state index contributed by atoms with van der Waals surface area (Å²) in [5, 5.41) is 3.30. The molecule has 0 radical (unpaired) electrons. The zero-order valence-corrected chi connectivity index (χ0v) is 13.0. The first kappa shape index (κ1) is 15.8. The maximum atomic E-state index is 12.2. The second-order valence-electron chi connectivity index (χ2n) is 5.45. The van der Waals surface area contributed by atoms with E-state index in [4.69, 9.17) is 9.47 Å². The maximum absolute atomic E-state index is 12.2. The van der Waals surface area contributed by atoms with Crippen LogP contribution in [0, 0.1) is 0 Å². The molecule has 1 heterocycles. The van der Waals surface area contributed by atoms with Crippen molar-refractivity contribution in [2.75, 3.05) is 33.3 Å². The lowest BCUT2D eigenvalue weighted by Gasteiger charge is -2.33. The Morgan fingerprint density at radius 1 is 1.29 bits per heavy atom. The maximum Gasteiger partial charge on any atom is 0.327 e. The van der Waals surface area contributed by atoms with Crippen LogP contribution in [0.1, 0.15) is 25.5 Å². The fourth-order valence-electron chi connectivity index (χ4n) is 2.58. The number of nitrogens with one attached hydrogen (secondary N) is 1.